The van der Waals surface area contributed by atoms with E-state index in [9.17, 15) is 4.79 Å². The van der Waals surface area contributed by atoms with Crippen LogP contribution in [0.3, 0.4) is 0 Å². The van der Waals surface area contributed by atoms with Gasteiger partial charge in [0.25, 0.3) is 0 Å². The maximum absolute atomic E-state index is 11.6. The minimum atomic E-state index is 0.00252. The van der Waals surface area contributed by atoms with Gasteiger partial charge in [-0.3, -0.25) is 9.69 Å². The van der Waals surface area contributed by atoms with Crippen LogP contribution in [0.25, 0.3) is 0 Å². The second-order valence-electron chi connectivity index (χ2n) is 4.36. The van der Waals surface area contributed by atoms with Crippen molar-refractivity contribution in [3.63, 3.8) is 0 Å². The average molecular weight is 207 g/mol. The summed E-state index contributed by atoms with van der Waals surface area (Å²) in [5.74, 6) is 0.00252. The minimum Gasteiger partial charge on any atom is -0.339 e. The molecule has 0 bridgehead atoms. The van der Waals surface area contributed by atoms with Crippen LogP contribution in [0.5, 0.6) is 0 Å². The molecular formula is C11H17N3O. The Kier molecular flexibility index (Phi) is 3.22. The van der Waals surface area contributed by atoms with Crippen LogP contribution in [0.4, 0.5) is 0 Å². The number of hydrogen-bond acceptors (Lipinski definition) is 3. The topological polar surface area (TPSA) is 47.3 Å². The van der Waals surface area contributed by atoms with E-state index in [2.05, 4.69) is 4.90 Å². The summed E-state index contributed by atoms with van der Waals surface area (Å²) in [6, 6.07) is 2.48. The molecule has 1 amide bonds. The standard InChI is InChI=1S/C11H17N3O/c12-5-4-11(15)14-8-7-13-6-2-1-3-10(13)9-14/h10H,1-4,6-9H2. The molecule has 0 spiro atoms. The van der Waals surface area contributed by atoms with E-state index in [0.717, 1.165) is 19.6 Å². The van der Waals surface area contributed by atoms with Gasteiger partial charge in [-0.15, -0.1) is 0 Å². The Bertz CT molecular complexity index is 284. The maximum Gasteiger partial charge on any atom is 0.236 e. The first-order valence-electron chi connectivity index (χ1n) is 5.70. The molecule has 0 aliphatic carbocycles. The van der Waals surface area contributed by atoms with Crippen molar-refractivity contribution in [2.24, 2.45) is 0 Å². The highest BCUT2D eigenvalue weighted by atomic mass is 16.2. The van der Waals surface area contributed by atoms with Crippen LogP contribution in [0, 0.1) is 11.3 Å². The summed E-state index contributed by atoms with van der Waals surface area (Å²) >= 11 is 0. The largest absolute Gasteiger partial charge is 0.339 e. The van der Waals surface area contributed by atoms with Gasteiger partial charge in [-0.05, 0) is 19.4 Å². The zero-order valence-electron chi connectivity index (χ0n) is 8.98. The molecule has 15 heavy (non-hydrogen) atoms. The Morgan fingerprint density at radius 3 is 3.00 bits per heavy atom. The lowest BCUT2D eigenvalue weighted by Gasteiger charge is -2.43. The number of piperidine rings is 1. The smallest absolute Gasteiger partial charge is 0.236 e. The molecule has 2 aliphatic rings. The van der Waals surface area contributed by atoms with Crippen molar-refractivity contribution in [2.45, 2.75) is 31.7 Å². The van der Waals surface area contributed by atoms with Gasteiger partial charge in [0.05, 0.1) is 6.07 Å². The normalized spacial score (nSPS) is 26.9. The highest BCUT2D eigenvalue weighted by Crippen LogP contribution is 2.21. The molecule has 2 fully saturated rings. The molecule has 4 heteroatoms. The number of piperazine rings is 1. The molecule has 2 heterocycles. The first-order chi connectivity index (χ1) is 7.31. The Balaban J connectivity index is 1.91. The van der Waals surface area contributed by atoms with Crippen molar-refractivity contribution < 1.29 is 4.79 Å². The molecule has 0 N–H and O–H groups in total. The zero-order chi connectivity index (χ0) is 10.7. The van der Waals surface area contributed by atoms with Crippen molar-refractivity contribution in [1.29, 1.82) is 5.26 Å². The summed E-state index contributed by atoms with van der Waals surface area (Å²) in [6.45, 7) is 3.81. The van der Waals surface area contributed by atoms with Crippen LogP contribution in [0.15, 0.2) is 0 Å². The van der Waals surface area contributed by atoms with E-state index >= 15 is 0 Å². The van der Waals surface area contributed by atoms with Gasteiger partial charge in [0, 0.05) is 25.7 Å². The number of nitrogens with zero attached hydrogens (tertiary/aromatic N) is 3. The number of amides is 1. The van der Waals surface area contributed by atoms with Crippen molar-refractivity contribution in [2.75, 3.05) is 26.2 Å². The summed E-state index contributed by atoms with van der Waals surface area (Å²) in [4.78, 5) is 15.9. The van der Waals surface area contributed by atoms with E-state index in [1.807, 2.05) is 11.0 Å². The fourth-order valence-electron chi connectivity index (χ4n) is 2.56. The summed E-state index contributed by atoms with van der Waals surface area (Å²) in [6.07, 6.45) is 3.81. The molecule has 0 radical (unpaired) electrons. The van der Waals surface area contributed by atoms with Gasteiger partial charge in [-0.2, -0.15) is 5.26 Å². The molecule has 2 saturated heterocycles. The Morgan fingerprint density at radius 2 is 2.20 bits per heavy atom. The number of hydrogen-bond donors (Lipinski definition) is 0. The highest BCUT2D eigenvalue weighted by molar-refractivity contribution is 5.78. The third-order valence-electron chi connectivity index (χ3n) is 3.42. The van der Waals surface area contributed by atoms with E-state index in [4.69, 9.17) is 5.26 Å². The van der Waals surface area contributed by atoms with E-state index in [-0.39, 0.29) is 12.3 Å². The molecule has 0 aromatic heterocycles. The number of rotatable bonds is 1. The van der Waals surface area contributed by atoms with E-state index in [1.165, 1.54) is 25.8 Å². The molecule has 0 aromatic rings. The van der Waals surface area contributed by atoms with E-state index in [0.29, 0.717) is 6.04 Å². The van der Waals surface area contributed by atoms with Crippen molar-refractivity contribution in [3.8, 4) is 6.07 Å². The monoisotopic (exact) mass is 207 g/mol. The van der Waals surface area contributed by atoms with Gasteiger partial charge in [0.2, 0.25) is 5.91 Å². The minimum absolute atomic E-state index is 0.00252. The molecule has 2 aliphatic heterocycles. The number of nitriles is 1. The number of fused-ring (bicyclic) bond motifs is 1. The molecular weight excluding hydrogens is 190 g/mol. The van der Waals surface area contributed by atoms with Gasteiger partial charge < -0.3 is 4.90 Å². The number of carbonyl (C=O) groups excluding carboxylic acids is 1. The molecule has 1 atom stereocenters. The van der Waals surface area contributed by atoms with Gasteiger partial charge in [0.1, 0.15) is 6.42 Å². The first kappa shape index (κ1) is 10.4. The maximum atomic E-state index is 11.6. The Morgan fingerprint density at radius 1 is 1.33 bits per heavy atom. The van der Waals surface area contributed by atoms with E-state index < -0.39 is 0 Å². The SMILES string of the molecule is N#CCC(=O)N1CCN2CCCCC2C1. The van der Waals surface area contributed by atoms with Crippen LogP contribution in [0.2, 0.25) is 0 Å². The fourth-order valence-corrected chi connectivity index (χ4v) is 2.56. The quantitative estimate of drug-likeness (QED) is 0.632. The summed E-state index contributed by atoms with van der Waals surface area (Å²) < 4.78 is 0. The first-order valence-corrected chi connectivity index (χ1v) is 5.70. The second kappa shape index (κ2) is 4.63. The van der Waals surface area contributed by atoms with Gasteiger partial charge in [-0.1, -0.05) is 6.42 Å². The summed E-state index contributed by atoms with van der Waals surface area (Å²) in [7, 11) is 0. The molecule has 4 nitrogen and oxygen atoms in total. The van der Waals surface area contributed by atoms with Crippen LogP contribution < -0.4 is 0 Å². The Hall–Kier alpha value is -1.08. The lowest BCUT2D eigenvalue weighted by atomic mass is 9.99. The third-order valence-corrected chi connectivity index (χ3v) is 3.42. The Labute approximate surface area is 90.5 Å². The van der Waals surface area contributed by atoms with Gasteiger partial charge in [-0.25, -0.2) is 0 Å². The predicted molar refractivity (Wildman–Crippen MR) is 56.0 cm³/mol. The fraction of sp³-hybridized carbons (Fsp3) is 0.818. The molecule has 2 rings (SSSR count). The van der Waals surface area contributed by atoms with Crippen LogP contribution in [-0.4, -0.2) is 47.9 Å². The molecule has 1 unspecified atom stereocenters. The molecule has 0 saturated carbocycles. The second-order valence-corrected chi connectivity index (χ2v) is 4.36. The summed E-state index contributed by atoms with van der Waals surface area (Å²) in [5.41, 5.74) is 0. The van der Waals surface area contributed by atoms with Crippen molar-refractivity contribution in [3.05, 3.63) is 0 Å². The van der Waals surface area contributed by atoms with Crippen molar-refractivity contribution in [1.82, 2.24) is 9.80 Å². The number of carbonyl (C=O) groups is 1. The lowest BCUT2D eigenvalue weighted by molar-refractivity contribution is -0.133. The summed E-state index contributed by atoms with van der Waals surface area (Å²) in [5, 5.41) is 8.49. The molecule has 82 valence electrons. The van der Waals surface area contributed by atoms with Crippen LogP contribution in [0.1, 0.15) is 25.7 Å². The molecule has 0 aromatic carbocycles. The van der Waals surface area contributed by atoms with E-state index in [1.54, 1.807) is 0 Å². The predicted octanol–water partition coefficient (Wildman–Crippen LogP) is 0.597. The third kappa shape index (κ3) is 2.29. The van der Waals surface area contributed by atoms with Crippen LogP contribution >= 0.6 is 0 Å². The highest BCUT2D eigenvalue weighted by Gasteiger charge is 2.30. The van der Waals surface area contributed by atoms with Gasteiger partial charge >= 0.3 is 0 Å². The lowest BCUT2D eigenvalue weighted by Crippen LogP contribution is -2.56. The van der Waals surface area contributed by atoms with Crippen LogP contribution in [-0.2, 0) is 4.79 Å². The average Bonchev–Trinajstić information content (AvgIpc) is 2.29. The van der Waals surface area contributed by atoms with Crippen molar-refractivity contribution >= 4 is 5.91 Å². The van der Waals surface area contributed by atoms with Gasteiger partial charge in [0.15, 0.2) is 0 Å². The zero-order valence-corrected chi connectivity index (χ0v) is 8.98.